The van der Waals surface area contributed by atoms with Crippen molar-refractivity contribution in [1.82, 2.24) is 0 Å². The molecule has 0 spiro atoms. The van der Waals surface area contributed by atoms with Crippen molar-refractivity contribution < 1.29 is 28.2 Å². The summed E-state index contributed by atoms with van der Waals surface area (Å²) >= 11 is 0. The number of hydrogen-bond acceptors (Lipinski definition) is 5. The predicted molar refractivity (Wildman–Crippen MR) is 50.8 cm³/mol. The highest BCUT2D eigenvalue weighted by Gasteiger charge is 2.14. The third kappa shape index (κ3) is 7.87. The number of aliphatic carboxylic acids is 2. The molecule has 14 heavy (non-hydrogen) atoms. The van der Waals surface area contributed by atoms with E-state index in [0.717, 1.165) is 0 Å². The SMILES string of the molecule is O=C(O)CCSS(=O)(=O)CCC(=O)O. The van der Waals surface area contributed by atoms with E-state index in [9.17, 15) is 18.0 Å². The first-order valence-corrected chi connectivity index (χ1v) is 6.79. The van der Waals surface area contributed by atoms with Gasteiger partial charge in [0.2, 0.25) is 8.87 Å². The van der Waals surface area contributed by atoms with Crippen LogP contribution in [-0.4, -0.2) is 42.1 Å². The normalized spacial score (nSPS) is 11.1. The van der Waals surface area contributed by atoms with Crippen molar-refractivity contribution in [1.29, 1.82) is 0 Å². The van der Waals surface area contributed by atoms with E-state index >= 15 is 0 Å². The third-order valence-electron chi connectivity index (χ3n) is 1.14. The Morgan fingerprint density at radius 2 is 1.57 bits per heavy atom. The second-order valence-corrected chi connectivity index (χ2v) is 6.77. The first-order chi connectivity index (χ1) is 6.33. The van der Waals surface area contributed by atoms with Crippen LogP contribution in [0.15, 0.2) is 0 Å². The van der Waals surface area contributed by atoms with Crippen LogP contribution in [0.2, 0.25) is 0 Å². The Hall–Kier alpha value is -0.760. The molecule has 0 saturated heterocycles. The van der Waals surface area contributed by atoms with E-state index in [2.05, 4.69) is 0 Å². The highest BCUT2D eigenvalue weighted by molar-refractivity contribution is 8.72. The van der Waals surface area contributed by atoms with Crippen molar-refractivity contribution in [2.45, 2.75) is 12.8 Å². The Kier molecular flexibility index (Phi) is 5.55. The van der Waals surface area contributed by atoms with Gasteiger partial charge in [-0.1, -0.05) is 0 Å². The summed E-state index contributed by atoms with van der Waals surface area (Å²) in [5.41, 5.74) is 0. The van der Waals surface area contributed by atoms with Crippen molar-refractivity contribution in [3.8, 4) is 0 Å². The monoisotopic (exact) mass is 242 g/mol. The molecule has 0 aromatic rings. The van der Waals surface area contributed by atoms with Crippen LogP contribution in [-0.2, 0) is 18.5 Å². The molecule has 0 atom stereocenters. The second-order valence-electron chi connectivity index (χ2n) is 2.37. The van der Waals surface area contributed by atoms with Gasteiger partial charge in [-0.3, -0.25) is 9.59 Å². The van der Waals surface area contributed by atoms with Crippen LogP contribution in [0.4, 0.5) is 0 Å². The molecule has 0 heterocycles. The van der Waals surface area contributed by atoms with Crippen LogP contribution < -0.4 is 0 Å². The standard InChI is InChI=1S/C6H10O6S2/c7-5(8)1-3-13-14(11,12)4-2-6(9)10/h1-4H2,(H,7,8)(H,9,10). The maximum atomic E-state index is 11.0. The minimum absolute atomic E-state index is 0.0582. The van der Waals surface area contributed by atoms with E-state index in [1.165, 1.54) is 0 Å². The van der Waals surface area contributed by atoms with Crippen LogP contribution in [0.25, 0.3) is 0 Å². The molecule has 82 valence electrons. The van der Waals surface area contributed by atoms with Gasteiger partial charge in [0.25, 0.3) is 0 Å². The van der Waals surface area contributed by atoms with E-state index in [1.807, 2.05) is 0 Å². The van der Waals surface area contributed by atoms with Crippen LogP contribution in [0.5, 0.6) is 0 Å². The van der Waals surface area contributed by atoms with Gasteiger partial charge in [0.05, 0.1) is 18.6 Å². The first kappa shape index (κ1) is 13.2. The Balaban J connectivity index is 3.84. The molecule has 2 N–H and O–H groups in total. The molecule has 0 bridgehead atoms. The van der Waals surface area contributed by atoms with Crippen molar-refractivity contribution in [2.75, 3.05) is 11.5 Å². The first-order valence-electron chi connectivity index (χ1n) is 3.64. The quantitative estimate of drug-likeness (QED) is 0.605. The highest BCUT2D eigenvalue weighted by atomic mass is 33.1. The van der Waals surface area contributed by atoms with Gasteiger partial charge in [-0.25, -0.2) is 8.42 Å². The Bertz CT molecular complexity index is 306. The zero-order chi connectivity index (χ0) is 11.2. The van der Waals surface area contributed by atoms with Gasteiger partial charge in [-0.15, -0.1) is 0 Å². The molecular weight excluding hydrogens is 232 g/mol. The fraction of sp³-hybridized carbons (Fsp3) is 0.667. The van der Waals surface area contributed by atoms with E-state index in [0.29, 0.717) is 10.8 Å². The topological polar surface area (TPSA) is 109 Å². The maximum absolute atomic E-state index is 11.0. The maximum Gasteiger partial charge on any atom is 0.304 e. The van der Waals surface area contributed by atoms with Gasteiger partial charge in [-0.05, 0) is 10.8 Å². The number of carbonyl (C=O) groups is 2. The van der Waals surface area contributed by atoms with E-state index in [4.69, 9.17) is 10.2 Å². The summed E-state index contributed by atoms with van der Waals surface area (Å²) in [6.07, 6.45) is -0.709. The number of hydrogen-bond donors (Lipinski definition) is 2. The Labute approximate surface area is 84.6 Å². The van der Waals surface area contributed by atoms with Crippen molar-refractivity contribution in [2.24, 2.45) is 0 Å². The fourth-order valence-electron chi connectivity index (χ4n) is 0.527. The molecule has 0 rings (SSSR count). The summed E-state index contributed by atoms with van der Waals surface area (Å²) in [4.78, 5) is 20.1. The lowest BCUT2D eigenvalue weighted by atomic mass is 10.5. The summed E-state index contributed by atoms with van der Waals surface area (Å²) in [7, 11) is -3.02. The van der Waals surface area contributed by atoms with Crippen LogP contribution in [0.1, 0.15) is 12.8 Å². The average molecular weight is 242 g/mol. The van der Waals surface area contributed by atoms with Crippen molar-refractivity contribution >= 4 is 31.6 Å². The molecule has 0 aromatic carbocycles. The minimum atomic E-state index is -3.50. The molecule has 0 saturated carbocycles. The smallest absolute Gasteiger partial charge is 0.304 e. The fourth-order valence-corrected chi connectivity index (χ4v) is 3.20. The Morgan fingerprint density at radius 3 is 2.00 bits per heavy atom. The summed E-state index contributed by atoms with van der Waals surface area (Å²) in [5, 5.41) is 16.4. The van der Waals surface area contributed by atoms with Crippen LogP contribution >= 0.6 is 10.8 Å². The predicted octanol–water partition coefficient (Wildman–Crippen LogP) is -0.00120. The molecule has 0 aliphatic rings. The number of carboxylic acid groups (broad SMARTS) is 2. The van der Waals surface area contributed by atoms with Crippen LogP contribution in [0, 0.1) is 0 Å². The lowest BCUT2D eigenvalue weighted by Gasteiger charge is -1.99. The number of rotatable bonds is 7. The zero-order valence-corrected chi connectivity index (χ0v) is 8.81. The van der Waals surface area contributed by atoms with E-state index in [-0.39, 0.29) is 12.2 Å². The molecule has 0 aliphatic heterocycles. The minimum Gasteiger partial charge on any atom is -0.481 e. The number of carboxylic acids is 2. The summed E-state index contributed by atoms with van der Waals surface area (Å²) in [6.45, 7) is 0. The molecule has 0 aliphatic carbocycles. The largest absolute Gasteiger partial charge is 0.481 e. The lowest BCUT2D eigenvalue weighted by Crippen LogP contribution is -2.08. The molecule has 8 heteroatoms. The van der Waals surface area contributed by atoms with Gasteiger partial charge in [0, 0.05) is 5.75 Å². The molecule has 6 nitrogen and oxygen atoms in total. The van der Waals surface area contributed by atoms with Crippen molar-refractivity contribution in [3.63, 3.8) is 0 Å². The molecule has 0 aromatic heterocycles. The average Bonchev–Trinajstić information content (AvgIpc) is 2.00. The molecule has 0 fully saturated rings. The van der Waals surface area contributed by atoms with Crippen LogP contribution in [0.3, 0.4) is 0 Å². The molecule has 0 amide bonds. The highest BCUT2D eigenvalue weighted by Crippen LogP contribution is 2.15. The molecular formula is C6H10O6S2. The lowest BCUT2D eigenvalue weighted by molar-refractivity contribution is -0.137. The zero-order valence-electron chi connectivity index (χ0n) is 7.17. The third-order valence-corrected chi connectivity index (χ3v) is 4.66. The van der Waals surface area contributed by atoms with E-state index in [1.54, 1.807) is 0 Å². The van der Waals surface area contributed by atoms with Gasteiger partial charge < -0.3 is 10.2 Å². The van der Waals surface area contributed by atoms with Crippen molar-refractivity contribution in [3.05, 3.63) is 0 Å². The van der Waals surface area contributed by atoms with Gasteiger partial charge in [-0.2, -0.15) is 0 Å². The summed E-state index contributed by atoms with van der Waals surface area (Å²) in [5.74, 6) is -2.79. The van der Waals surface area contributed by atoms with Gasteiger partial charge in [0.15, 0.2) is 0 Å². The Morgan fingerprint density at radius 1 is 1.07 bits per heavy atom. The summed E-state index contributed by atoms with van der Waals surface area (Å²) in [6, 6.07) is 0. The van der Waals surface area contributed by atoms with Gasteiger partial charge in [0.1, 0.15) is 0 Å². The summed E-state index contributed by atoms with van der Waals surface area (Å²) < 4.78 is 22.0. The van der Waals surface area contributed by atoms with E-state index < -0.39 is 33.0 Å². The molecule has 0 unspecified atom stereocenters. The van der Waals surface area contributed by atoms with Gasteiger partial charge >= 0.3 is 11.9 Å². The second kappa shape index (κ2) is 5.86. The molecule has 0 radical (unpaired) electrons.